The number of aryl methyl sites for hydroxylation is 1. The van der Waals surface area contributed by atoms with Gasteiger partial charge in [0.15, 0.2) is 6.10 Å². The summed E-state index contributed by atoms with van der Waals surface area (Å²) in [5, 5.41) is 0.452. The molecule has 1 amide bonds. The number of ether oxygens (including phenoxy) is 1. The van der Waals surface area contributed by atoms with Crippen molar-refractivity contribution in [2.24, 2.45) is 5.92 Å². The molecule has 0 aliphatic carbocycles. The first-order chi connectivity index (χ1) is 15.9. The topological polar surface area (TPSA) is 81.5 Å². The van der Waals surface area contributed by atoms with Gasteiger partial charge in [-0.15, -0.1) is 0 Å². The molecule has 7 heteroatoms. The van der Waals surface area contributed by atoms with Crippen molar-refractivity contribution in [3.8, 4) is 0 Å². The van der Waals surface area contributed by atoms with Gasteiger partial charge < -0.3 is 9.64 Å². The Morgan fingerprint density at radius 3 is 2.55 bits per heavy atom. The van der Waals surface area contributed by atoms with E-state index >= 15 is 0 Å². The van der Waals surface area contributed by atoms with E-state index < -0.39 is 12.1 Å². The molecule has 0 saturated carbocycles. The first-order valence-corrected chi connectivity index (χ1v) is 11.4. The first-order valence-electron chi connectivity index (χ1n) is 11.4. The third-order valence-corrected chi connectivity index (χ3v) is 6.30. The summed E-state index contributed by atoms with van der Waals surface area (Å²) in [5.41, 5.74) is 2.52. The fraction of sp³-hybridized carbons (Fsp3) is 0.385. The molecule has 1 saturated heterocycles. The van der Waals surface area contributed by atoms with Crippen LogP contribution in [0.1, 0.15) is 30.9 Å². The van der Waals surface area contributed by atoms with E-state index in [-0.39, 0.29) is 18.0 Å². The summed E-state index contributed by atoms with van der Waals surface area (Å²) < 4.78 is 6.58. The molecule has 4 rings (SSSR count). The lowest BCUT2D eigenvalue weighted by Gasteiger charge is -2.33. The maximum absolute atomic E-state index is 12.8. The second kappa shape index (κ2) is 9.98. The second-order valence-corrected chi connectivity index (χ2v) is 8.74. The average molecular weight is 448 g/mol. The number of aromatic nitrogens is 2. The Morgan fingerprint density at radius 2 is 1.82 bits per heavy atom. The van der Waals surface area contributed by atoms with E-state index in [0.717, 1.165) is 24.8 Å². The summed E-state index contributed by atoms with van der Waals surface area (Å²) in [6.45, 7) is 4.50. The van der Waals surface area contributed by atoms with Crippen molar-refractivity contribution >= 4 is 22.8 Å². The monoisotopic (exact) mass is 447 g/mol. The Morgan fingerprint density at radius 1 is 1.09 bits per heavy atom. The number of benzene rings is 2. The van der Waals surface area contributed by atoms with Crippen molar-refractivity contribution in [2.75, 3.05) is 13.1 Å². The number of amides is 1. The van der Waals surface area contributed by atoms with Crippen molar-refractivity contribution in [1.29, 1.82) is 0 Å². The zero-order valence-electron chi connectivity index (χ0n) is 19.1. The lowest BCUT2D eigenvalue weighted by Crippen LogP contribution is -2.45. The van der Waals surface area contributed by atoms with E-state index in [9.17, 15) is 14.4 Å². The van der Waals surface area contributed by atoms with Gasteiger partial charge in [-0.2, -0.15) is 0 Å². The van der Waals surface area contributed by atoms with E-state index in [4.69, 9.17) is 4.74 Å². The van der Waals surface area contributed by atoms with Crippen LogP contribution in [0.25, 0.3) is 10.9 Å². The van der Waals surface area contributed by atoms with Crippen molar-refractivity contribution < 1.29 is 14.3 Å². The highest BCUT2D eigenvalue weighted by molar-refractivity contribution is 5.84. The zero-order chi connectivity index (χ0) is 23.4. The van der Waals surface area contributed by atoms with Gasteiger partial charge in [-0.1, -0.05) is 42.5 Å². The molecule has 1 fully saturated rings. The summed E-state index contributed by atoms with van der Waals surface area (Å²) in [6.07, 6.45) is 3.33. The highest BCUT2D eigenvalue weighted by Crippen LogP contribution is 2.22. The van der Waals surface area contributed by atoms with Crippen LogP contribution in [0.15, 0.2) is 59.7 Å². The third-order valence-electron chi connectivity index (χ3n) is 6.30. The van der Waals surface area contributed by atoms with Gasteiger partial charge in [-0.05, 0) is 56.2 Å². The van der Waals surface area contributed by atoms with Gasteiger partial charge >= 0.3 is 5.97 Å². The summed E-state index contributed by atoms with van der Waals surface area (Å²) >= 11 is 0. The number of likely N-dealkylation sites (tertiary alicyclic amines) is 1. The lowest BCUT2D eigenvalue weighted by molar-refractivity contribution is -0.160. The number of nitrogens with zero attached hydrogens (tertiary/aromatic N) is 3. The normalized spacial score (nSPS) is 15.4. The van der Waals surface area contributed by atoms with Gasteiger partial charge in [0.1, 0.15) is 6.54 Å². The Kier molecular flexibility index (Phi) is 6.87. The van der Waals surface area contributed by atoms with Gasteiger partial charge in [0.2, 0.25) is 0 Å². The van der Waals surface area contributed by atoms with E-state index in [0.29, 0.717) is 29.9 Å². The van der Waals surface area contributed by atoms with Crippen LogP contribution < -0.4 is 5.56 Å². The van der Waals surface area contributed by atoms with Crippen molar-refractivity contribution in [1.82, 2.24) is 14.5 Å². The molecule has 0 bridgehead atoms. The van der Waals surface area contributed by atoms with Crippen LogP contribution in [0, 0.1) is 12.8 Å². The molecule has 0 N–H and O–H groups in total. The van der Waals surface area contributed by atoms with Crippen LogP contribution in [0.2, 0.25) is 0 Å². The molecule has 1 aromatic heterocycles. The molecule has 3 aromatic rings. The number of carbonyl (C=O) groups is 2. The molecular weight excluding hydrogens is 418 g/mol. The predicted octanol–water partition coefficient (Wildman–Crippen LogP) is 3.12. The van der Waals surface area contributed by atoms with Crippen molar-refractivity contribution in [2.45, 2.75) is 45.8 Å². The van der Waals surface area contributed by atoms with Gasteiger partial charge in [0.05, 0.1) is 17.2 Å². The molecule has 33 heavy (non-hydrogen) atoms. The van der Waals surface area contributed by atoms with E-state index in [1.165, 1.54) is 16.5 Å². The number of fused-ring (bicyclic) bond motifs is 1. The molecule has 1 atom stereocenters. The molecule has 172 valence electrons. The average Bonchev–Trinajstić information content (AvgIpc) is 2.82. The van der Waals surface area contributed by atoms with Crippen molar-refractivity contribution in [3.63, 3.8) is 0 Å². The summed E-state index contributed by atoms with van der Waals surface area (Å²) in [5.74, 6) is -0.281. The molecule has 1 aliphatic rings. The number of para-hydroxylation sites is 1. The summed E-state index contributed by atoms with van der Waals surface area (Å²) in [6, 6.07) is 15.7. The molecule has 1 aliphatic heterocycles. The molecular formula is C26H29N3O4. The van der Waals surface area contributed by atoms with Gasteiger partial charge in [-0.25, -0.2) is 4.98 Å². The predicted molar refractivity (Wildman–Crippen MR) is 126 cm³/mol. The molecule has 0 spiro atoms. The van der Waals surface area contributed by atoms with E-state index in [2.05, 4.69) is 17.1 Å². The molecule has 2 aromatic carbocycles. The lowest BCUT2D eigenvalue weighted by atomic mass is 9.90. The molecule has 2 heterocycles. The number of esters is 1. The van der Waals surface area contributed by atoms with E-state index in [1.807, 2.05) is 31.2 Å². The smallest absolute Gasteiger partial charge is 0.326 e. The Hall–Kier alpha value is -3.48. The molecule has 1 unspecified atom stereocenters. The highest BCUT2D eigenvalue weighted by Gasteiger charge is 2.28. The summed E-state index contributed by atoms with van der Waals surface area (Å²) in [7, 11) is 0. The standard InChI is InChI=1S/C26H29N3O4/c1-18-7-6-10-22-24(18)27-17-29(26(22)32)16-23(30)33-19(2)25(31)28-13-11-21(12-14-28)15-20-8-4-3-5-9-20/h3-10,17,19,21H,11-16H2,1-2H3. The van der Waals surface area contributed by atoms with Crippen LogP contribution >= 0.6 is 0 Å². The van der Waals surface area contributed by atoms with Crippen LogP contribution in [0.4, 0.5) is 0 Å². The molecule has 0 radical (unpaired) electrons. The van der Waals surface area contributed by atoms with Crippen molar-refractivity contribution in [3.05, 3.63) is 76.3 Å². The third kappa shape index (κ3) is 5.30. The number of piperidine rings is 1. The first kappa shape index (κ1) is 22.7. The zero-order valence-corrected chi connectivity index (χ0v) is 19.1. The maximum atomic E-state index is 12.8. The Balaban J connectivity index is 1.30. The minimum atomic E-state index is -0.894. The summed E-state index contributed by atoms with van der Waals surface area (Å²) in [4.78, 5) is 44.0. The van der Waals surface area contributed by atoms with Crippen LogP contribution in [-0.2, 0) is 27.3 Å². The number of hydrogen-bond acceptors (Lipinski definition) is 5. The second-order valence-electron chi connectivity index (χ2n) is 8.74. The number of rotatable bonds is 6. The van der Waals surface area contributed by atoms with Crippen LogP contribution in [0.5, 0.6) is 0 Å². The quantitative estimate of drug-likeness (QED) is 0.543. The highest BCUT2D eigenvalue weighted by atomic mass is 16.5. The molecule has 7 nitrogen and oxygen atoms in total. The minimum Gasteiger partial charge on any atom is -0.451 e. The number of carbonyl (C=O) groups excluding carboxylic acids is 2. The Labute approximate surface area is 193 Å². The number of hydrogen-bond donors (Lipinski definition) is 0. The SMILES string of the molecule is Cc1cccc2c(=O)n(CC(=O)OC(C)C(=O)N3CCC(Cc4ccccc4)CC3)cnc12. The van der Waals surface area contributed by atoms with E-state index in [1.54, 1.807) is 24.0 Å². The minimum absolute atomic E-state index is 0.193. The van der Waals surface area contributed by atoms with Gasteiger partial charge in [0.25, 0.3) is 11.5 Å². The fourth-order valence-corrected chi connectivity index (χ4v) is 4.44. The fourth-order valence-electron chi connectivity index (χ4n) is 4.44. The van der Waals surface area contributed by atoms with Gasteiger partial charge in [0, 0.05) is 13.1 Å². The van der Waals surface area contributed by atoms with Gasteiger partial charge in [-0.3, -0.25) is 19.0 Å². The van der Waals surface area contributed by atoms with Crippen LogP contribution in [0.3, 0.4) is 0 Å². The maximum Gasteiger partial charge on any atom is 0.326 e. The largest absolute Gasteiger partial charge is 0.451 e. The van der Waals surface area contributed by atoms with Crippen LogP contribution in [-0.4, -0.2) is 45.5 Å². The Bertz CT molecular complexity index is 1200.